The van der Waals surface area contributed by atoms with Crippen molar-refractivity contribution < 1.29 is 28.6 Å². The van der Waals surface area contributed by atoms with E-state index in [-0.39, 0.29) is 37.5 Å². The van der Waals surface area contributed by atoms with E-state index in [0.29, 0.717) is 19.3 Å². The van der Waals surface area contributed by atoms with Crippen molar-refractivity contribution in [2.75, 3.05) is 13.2 Å². The molecule has 0 spiro atoms. The van der Waals surface area contributed by atoms with Crippen LogP contribution >= 0.6 is 0 Å². The fourth-order valence-electron chi connectivity index (χ4n) is 6.87. The van der Waals surface area contributed by atoms with Gasteiger partial charge in [0.15, 0.2) is 6.10 Å². The highest BCUT2D eigenvalue weighted by atomic mass is 16.6. The molecule has 0 unspecified atom stereocenters. The fraction of sp³-hybridized carbons (Fsp3) is 0.623. The lowest BCUT2D eigenvalue weighted by molar-refractivity contribution is -0.167. The largest absolute Gasteiger partial charge is 0.462 e. The standard InChI is InChI=1S/C61H98O6/c1-4-7-10-13-16-19-22-25-27-29-30-32-33-36-39-42-45-48-51-54-60(63)66-57-58(56-65-59(62)53-50-47-44-41-38-35-24-21-18-15-12-9-6-3)67-61(64)55-52-49-46-43-40-37-34-31-28-26-23-20-17-14-11-8-5-2/h8,11,16-17,19-21,24-28,30,32,34,36-37,39,43,46,58H,4-7,9-10,12-15,18,22-23,29,31,33,35,38,40-42,44-45,47-57H2,1-3H3/b11-8+,19-16+,20-17+,24-21+,27-25+,28-26+,32-30+,37-34+,39-36+,46-43+/t58-/m1/s1. The SMILES string of the molecule is CC/C=C/C/C=C/C/C=C/C/C=C/C/C=C/CCCC(=O)O[C@@H](COC(=O)CCCCC/C=C/C/C=C/C/C=C/C/C=C/CCCCC)COC(=O)CCCCCCC/C=C/CCCCCC. The van der Waals surface area contributed by atoms with Crippen LogP contribution in [0.25, 0.3) is 0 Å². The van der Waals surface area contributed by atoms with Crippen LogP contribution in [0, 0.1) is 0 Å². The Balaban J connectivity index is 4.56. The zero-order valence-electron chi connectivity index (χ0n) is 43.1. The van der Waals surface area contributed by atoms with Gasteiger partial charge in [-0.1, -0.05) is 200 Å². The van der Waals surface area contributed by atoms with Gasteiger partial charge in [0, 0.05) is 19.3 Å². The van der Waals surface area contributed by atoms with Crippen LogP contribution in [0.15, 0.2) is 122 Å². The summed E-state index contributed by atoms with van der Waals surface area (Å²) in [5.74, 6) is -1.02. The summed E-state index contributed by atoms with van der Waals surface area (Å²) in [4.78, 5) is 38.0. The Morgan fingerprint density at radius 3 is 1.01 bits per heavy atom. The van der Waals surface area contributed by atoms with Crippen LogP contribution in [0.5, 0.6) is 0 Å². The van der Waals surface area contributed by atoms with Gasteiger partial charge in [-0.25, -0.2) is 0 Å². The van der Waals surface area contributed by atoms with Crippen molar-refractivity contribution in [3.8, 4) is 0 Å². The second-order valence-corrected chi connectivity index (χ2v) is 17.4. The zero-order valence-corrected chi connectivity index (χ0v) is 43.1. The summed E-state index contributed by atoms with van der Waals surface area (Å²) in [6, 6.07) is 0. The van der Waals surface area contributed by atoms with Gasteiger partial charge in [-0.2, -0.15) is 0 Å². The molecule has 0 aromatic rings. The molecule has 0 bridgehead atoms. The van der Waals surface area contributed by atoms with Gasteiger partial charge in [-0.3, -0.25) is 14.4 Å². The third-order valence-electron chi connectivity index (χ3n) is 10.9. The van der Waals surface area contributed by atoms with E-state index < -0.39 is 6.10 Å². The van der Waals surface area contributed by atoms with Gasteiger partial charge in [-0.15, -0.1) is 0 Å². The molecular weight excluding hydrogens is 829 g/mol. The topological polar surface area (TPSA) is 78.9 Å². The predicted molar refractivity (Wildman–Crippen MR) is 288 cm³/mol. The highest BCUT2D eigenvalue weighted by molar-refractivity contribution is 5.71. The highest BCUT2D eigenvalue weighted by Crippen LogP contribution is 2.12. The molecule has 0 fully saturated rings. The molecule has 0 aliphatic heterocycles. The number of carbonyl (C=O) groups excluding carboxylic acids is 3. The quantitative estimate of drug-likeness (QED) is 0.0262. The Bertz CT molecular complexity index is 1440. The van der Waals surface area contributed by atoms with Gasteiger partial charge in [-0.05, 0) is 128 Å². The molecule has 0 aliphatic carbocycles. The van der Waals surface area contributed by atoms with Gasteiger partial charge in [0.2, 0.25) is 0 Å². The van der Waals surface area contributed by atoms with Gasteiger partial charge in [0.25, 0.3) is 0 Å². The summed E-state index contributed by atoms with van der Waals surface area (Å²) in [6.45, 7) is 6.38. The van der Waals surface area contributed by atoms with E-state index in [1.54, 1.807) is 0 Å². The number of esters is 3. The van der Waals surface area contributed by atoms with E-state index in [2.05, 4.69) is 142 Å². The molecule has 0 saturated heterocycles. The summed E-state index contributed by atoms with van der Waals surface area (Å²) in [5.41, 5.74) is 0. The van der Waals surface area contributed by atoms with Crippen molar-refractivity contribution in [1.82, 2.24) is 0 Å². The second-order valence-electron chi connectivity index (χ2n) is 17.4. The molecule has 6 nitrogen and oxygen atoms in total. The van der Waals surface area contributed by atoms with Crippen LogP contribution in [0.1, 0.15) is 226 Å². The van der Waals surface area contributed by atoms with Crippen LogP contribution in [0.2, 0.25) is 0 Å². The average Bonchev–Trinajstić information content (AvgIpc) is 3.33. The molecular formula is C61H98O6. The van der Waals surface area contributed by atoms with Crippen molar-refractivity contribution in [1.29, 1.82) is 0 Å². The maximum absolute atomic E-state index is 12.8. The second kappa shape index (κ2) is 54.4. The Hall–Kier alpha value is -4.19. The van der Waals surface area contributed by atoms with E-state index in [0.717, 1.165) is 116 Å². The highest BCUT2D eigenvalue weighted by Gasteiger charge is 2.19. The first kappa shape index (κ1) is 62.8. The first-order chi connectivity index (χ1) is 33.0. The smallest absolute Gasteiger partial charge is 0.306 e. The van der Waals surface area contributed by atoms with Crippen molar-refractivity contribution in [3.05, 3.63) is 122 Å². The number of allylic oxidation sites excluding steroid dienone is 20. The first-order valence-electron chi connectivity index (χ1n) is 27.0. The molecule has 0 rings (SSSR count). The lowest BCUT2D eigenvalue weighted by Gasteiger charge is -2.18. The van der Waals surface area contributed by atoms with E-state index in [9.17, 15) is 14.4 Å². The van der Waals surface area contributed by atoms with E-state index in [1.807, 2.05) is 0 Å². The minimum absolute atomic E-state index is 0.119. The summed E-state index contributed by atoms with van der Waals surface area (Å²) >= 11 is 0. The third kappa shape index (κ3) is 52.6. The lowest BCUT2D eigenvalue weighted by atomic mass is 10.1. The average molecular weight is 927 g/mol. The van der Waals surface area contributed by atoms with Crippen molar-refractivity contribution in [2.24, 2.45) is 0 Å². The number of carbonyl (C=O) groups is 3. The van der Waals surface area contributed by atoms with Gasteiger partial charge in [0.1, 0.15) is 13.2 Å². The maximum atomic E-state index is 12.8. The fourth-order valence-corrected chi connectivity index (χ4v) is 6.87. The number of rotatable bonds is 47. The summed E-state index contributed by atoms with van der Waals surface area (Å²) in [7, 11) is 0. The number of ether oxygens (including phenoxy) is 3. The van der Waals surface area contributed by atoms with Crippen molar-refractivity contribution >= 4 is 17.9 Å². The number of hydrogen-bond acceptors (Lipinski definition) is 6. The Kier molecular flexibility index (Phi) is 51.0. The van der Waals surface area contributed by atoms with Crippen LogP contribution < -0.4 is 0 Å². The van der Waals surface area contributed by atoms with Gasteiger partial charge in [0.05, 0.1) is 0 Å². The van der Waals surface area contributed by atoms with E-state index >= 15 is 0 Å². The molecule has 67 heavy (non-hydrogen) atoms. The predicted octanol–water partition coefficient (Wildman–Crippen LogP) is 18.1. The zero-order chi connectivity index (χ0) is 48.6. The van der Waals surface area contributed by atoms with Crippen LogP contribution in [-0.4, -0.2) is 37.2 Å². The van der Waals surface area contributed by atoms with Gasteiger partial charge >= 0.3 is 17.9 Å². The maximum Gasteiger partial charge on any atom is 0.306 e. The number of unbranched alkanes of at least 4 members (excludes halogenated alkanes) is 16. The minimum Gasteiger partial charge on any atom is -0.462 e. The Morgan fingerprint density at radius 1 is 0.313 bits per heavy atom. The molecule has 6 heteroatoms. The minimum atomic E-state index is -0.828. The molecule has 0 aliphatic rings. The molecule has 378 valence electrons. The van der Waals surface area contributed by atoms with Crippen molar-refractivity contribution in [3.63, 3.8) is 0 Å². The summed E-state index contributed by atoms with van der Waals surface area (Å²) < 4.78 is 16.7. The van der Waals surface area contributed by atoms with Crippen molar-refractivity contribution in [2.45, 2.75) is 232 Å². The first-order valence-corrected chi connectivity index (χ1v) is 27.0. The molecule has 0 N–H and O–H groups in total. The van der Waals surface area contributed by atoms with Crippen LogP contribution in [-0.2, 0) is 28.6 Å². The molecule has 0 aromatic carbocycles. The van der Waals surface area contributed by atoms with Gasteiger partial charge < -0.3 is 14.2 Å². The molecule has 0 amide bonds. The van der Waals surface area contributed by atoms with Crippen LogP contribution in [0.3, 0.4) is 0 Å². The normalized spacial score (nSPS) is 13.1. The summed E-state index contributed by atoms with van der Waals surface area (Å²) in [5, 5.41) is 0. The van der Waals surface area contributed by atoms with E-state index in [4.69, 9.17) is 14.2 Å². The van der Waals surface area contributed by atoms with Crippen LogP contribution in [0.4, 0.5) is 0 Å². The molecule has 0 saturated carbocycles. The molecule has 0 aromatic heterocycles. The molecule has 1 atom stereocenters. The third-order valence-corrected chi connectivity index (χ3v) is 10.9. The monoisotopic (exact) mass is 927 g/mol. The lowest BCUT2D eigenvalue weighted by Crippen LogP contribution is -2.30. The number of hydrogen-bond donors (Lipinski definition) is 0. The Morgan fingerprint density at radius 2 is 0.597 bits per heavy atom. The summed E-state index contributed by atoms with van der Waals surface area (Å²) in [6.07, 6.45) is 74.7. The Labute approximate surface area is 412 Å². The molecule has 0 radical (unpaired) electrons. The molecule has 0 heterocycles. The van der Waals surface area contributed by atoms with E-state index in [1.165, 1.54) is 64.2 Å².